The molecule has 0 atom stereocenters. The zero-order valence-corrected chi connectivity index (χ0v) is 10.3. The number of halogens is 1. The standard InChI is InChI=1S/C12H13ClN4/c1-3-17-8-10(7-16-17)6-14-11-4-9(2)5-15-12(11)13/h3-5,7-8,14H,1,6H2,2H3. The molecule has 2 aromatic heterocycles. The van der Waals surface area contributed by atoms with E-state index in [1.54, 1.807) is 23.3 Å². The van der Waals surface area contributed by atoms with Gasteiger partial charge in [0.1, 0.15) is 0 Å². The summed E-state index contributed by atoms with van der Waals surface area (Å²) in [6.45, 7) is 6.27. The summed E-state index contributed by atoms with van der Waals surface area (Å²) in [6, 6.07) is 1.97. The number of anilines is 1. The van der Waals surface area contributed by atoms with Crippen molar-refractivity contribution in [2.75, 3.05) is 5.32 Å². The van der Waals surface area contributed by atoms with E-state index >= 15 is 0 Å². The van der Waals surface area contributed by atoms with E-state index in [-0.39, 0.29) is 0 Å². The van der Waals surface area contributed by atoms with Crippen molar-refractivity contribution < 1.29 is 0 Å². The number of nitrogens with one attached hydrogen (secondary N) is 1. The van der Waals surface area contributed by atoms with Gasteiger partial charge in [0, 0.05) is 30.7 Å². The monoisotopic (exact) mass is 248 g/mol. The third-order valence-corrected chi connectivity index (χ3v) is 2.60. The Morgan fingerprint density at radius 1 is 1.53 bits per heavy atom. The van der Waals surface area contributed by atoms with E-state index in [9.17, 15) is 0 Å². The quantitative estimate of drug-likeness (QED) is 0.846. The molecular weight excluding hydrogens is 236 g/mol. The lowest BCUT2D eigenvalue weighted by molar-refractivity contribution is 0.936. The van der Waals surface area contributed by atoms with Gasteiger partial charge in [-0.3, -0.25) is 0 Å². The molecule has 1 N–H and O–H groups in total. The first-order chi connectivity index (χ1) is 8.19. The summed E-state index contributed by atoms with van der Waals surface area (Å²) >= 11 is 5.98. The van der Waals surface area contributed by atoms with E-state index in [1.165, 1.54) is 0 Å². The van der Waals surface area contributed by atoms with Gasteiger partial charge in [-0.25, -0.2) is 9.67 Å². The van der Waals surface area contributed by atoms with E-state index < -0.39 is 0 Å². The van der Waals surface area contributed by atoms with Gasteiger partial charge in [-0.1, -0.05) is 18.2 Å². The second kappa shape index (κ2) is 5.01. The molecule has 2 rings (SSSR count). The van der Waals surface area contributed by atoms with Crippen molar-refractivity contribution in [3.05, 3.63) is 47.5 Å². The first kappa shape index (κ1) is 11.7. The van der Waals surface area contributed by atoms with Crippen molar-refractivity contribution >= 4 is 23.5 Å². The SMILES string of the molecule is C=Cn1cc(CNc2cc(C)cnc2Cl)cn1. The van der Waals surface area contributed by atoms with Gasteiger partial charge in [0.05, 0.1) is 11.9 Å². The fraction of sp³-hybridized carbons (Fsp3) is 0.167. The fourth-order valence-corrected chi connectivity index (χ4v) is 1.61. The van der Waals surface area contributed by atoms with E-state index in [4.69, 9.17) is 11.6 Å². The number of aromatic nitrogens is 3. The Labute approximate surface area is 105 Å². The first-order valence-electron chi connectivity index (χ1n) is 5.20. The van der Waals surface area contributed by atoms with Crippen molar-refractivity contribution in [2.45, 2.75) is 13.5 Å². The minimum absolute atomic E-state index is 0.478. The molecule has 0 aliphatic rings. The predicted molar refractivity (Wildman–Crippen MR) is 69.9 cm³/mol. The molecule has 0 amide bonds. The molecule has 0 aromatic carbocycles. The van der Waals surface area contributed by atoms with Crippen LogP contribution in [-0.2, 0) is 6.54 Å². The van der Waals surface area contributed by atoms with Gasteiger partial charge in [-0.2, -0.15) is 5.10 Å². The Balaban J connectivity index is 2.06. The van der Waals surface area contributed by atoms with Crippen LogP contribution in [0.4, 0.5) is 5.69 Å². The molecule has 0 aliphatic carbocycles. The second-order valence-electron chi connectivity index (χ2n) is 3.72. The molecule has 2 aromatic rings. The summed E-state index contributed by atoms with van der Waals surface area (Å²) in [5.74, 6) is 0. The summed E-state index contributed by atoms with van der Waals surface area (Å²) in [7, 11) is 0. The Hall–Kier alpha value is -1.81. The summed E-state index contributed by atoms with van der Waals surface area (Å²) in [5.41, 5.74) is 2.96. The second-order valence-corrected chi connectivity index (χ2v) is 4.07. The zero-order valence-electron chi connectivity index (χ0n) is 9.52. The highest BCUT2D eigenvalue weighted by Gasteiger charge is 2.02. The molecule has 88 valence electrons. The molecule has 0 saturated heterocycles. The van der Waals surface area contributed by atoms with Gasteiger partial charge in [0.25, 0.3) is 0 Å². The lowest BCUT2D eigenvalue weighted by atomic mass is 10.3. The lowest BCUT2D eigenvalue weighted by Crippen LogP contribution is -2.00. The minimum Gasteiger partial charge on any atom is -0.378 e. The lowest BCUT2D eigenvalue weighted by Gasteiger charge is -2.06. The molecule has 0 unspecified atom stereocenters. The van der Waals surface area contributed by atoms with Crippen molar-refractivity contribution in [3.8, 4) is 0 Å². The Kier molecular flexibility index (Phi) is 3.44. The summed E-state index contributed by atoms with van der Waals surface area (Å²) < 4.78 is 1.66. The van der Waals surface area contributed by atoms with Crippen LogP contribution in [0, 0.1) is 6.92 Å². The van der Waals surface area contributed by atoms with Crippen LogP contribution >= 0.6 is 11.6 Å². The van der Waals surface area contributed by atoms with Crippen LogP contribution in [0.5, 0.6) is 0 Å². The fourth-order valence-electron chi connectivity index (χ4n) is 1.44. The van der Waals surface area contributed by atoms with Crippen molar-refractivity contribution in [1.82, 2.24) is 14.8 Å². The average Bonchev–Trinajstić information content (AvgIpc) is 2.78. The number of hydrogen-bond donors (Lipinski definition) is 1. The van der Waals surface area contributed by atoms with Gasteiger partial charge < -0.3 is 5.32 Å². The first-order valence-corrected chi connectivity index (χ1v) is 5.58. The topological polar surface area (TPSA) is 42.7 Å². The maximum absolute atomic E-state index is 5.98. The van der Waals surface area contributed by atoms with Crippen LogP contribution in [0.3, 0.4) is 0 Å². The molecule has 0 spiro atoms. The van der Waals surface area contributed by atoms with Crippen LogP contribution in [-0.4, -0.2) is 14.8 Å². The van der Waals surface area contributed by atoms with Gasteiger partial charge in [0.2, 0.25) is 0 Å². The van der Waals surface area contributed by atoms with Crippen LogP contribution < -0.4 is 5.32 Å². The predicted octanol–water partition coefficient (Wildman–Crippen LogP) is 2.95. The number of nitrogens with zero attached hydrogens (tertiary/aromatic N) is 3. The minimum atomic E-state index is 0.478. The number of rotatable bonds is 4. The largest absolute Gasteiger partial charge is 0.378 e. The molecule has 0 aliphatic heterocycles. The van der Waals surface area contributed by atoms with Crippen LogP contribution in [0.2, 0.25) is 5.15 Å². The van der Waals surface area contributed by atoms with E-state index in [0.29, 0.717) is 11.7 Å². The van der Waals surface area contributed by atoms with Crippen molar-refractivity contribution in [3.63, 3.8) is 0 Å². The van der Waals surface area contributed by atoms with Gasteiger partial charge in [-0.05, 0) is 18.6 Å². The molecular formula is C12H13ClN4. The summed E-state index contributed by atoms with van der Waals surface area (Å²) in [6.07, 6.45) is 7.07. The van der Waals surface area contributed by atoms with Crippen molar-refractivity contribution in [2.24, 2.45) is 0 Å². The zero-order chi connectivity index (χ0) is 12.3. The van der Waals surface area contributed by atoms with Crippen LogP contribution in [0.25, 0.3) is 6.20 Å². The Morgan fingerprint density at radius 2 is 2.35 bits per heavy atom. The molecule has 4 nitrogen and oxygen atoms in total. The third-order valence-electron chi connectivity index (χ3n) is 2.30. The van der Waals surface area contributed by atoms with Crippen molar-refractivity contribution in [1.29, 1.82) is 0 Å². The number of pyridine rings is 1. The molecule has 0 radical (unpaired) electrons. The van der Waals surface area contributed by atoms with Gasteiger partial charge >= 0.3 is 0 Å². The highest BCUT2D eigenvalue weighted by molar-refractivity contribution is 6.31. The highest BCUT2D eigenvalue weighted by atomic mass is 35.5. The average molecular weight is 249 g/mol. The van der Waals surface area contributed by atoms with E-state index in [2.05, 4.69) is 22.0 Å². The molecule has 5 heteroatoms. The summed E-state index contributed by atoms with van der Waals surface area (Å²) in [5, 5.41) is 7.80. The third kappa shape index (κ3) is 2.85. The smallest absolute Gasteiger partial charge is 0.152 e. The van der Waals surface area contributed by atoms with Gasteiger partial charge in [0.15, 0.2) is 5.15 Å². The van der Waals surface area contributed by atoms with E-state index in [1.807, 2.05) is 19.2 Å². The number of hydrogen-bond acceptors (Lipinski definition) is 3. The molecule has 0 saturated carbocycles. The molecule has 0 fully saturated rings. The van der Waals surface area contributed by atoms with Crippen LogP contribution in [0.1, 0.15) is 11.1 Å². The maximum Gasteiger partial charge on any atom is 0.152 e. The maximum atomic E-state index is 5.98. The van der Waals surface area contributed by atoms with Crippen LogP contribution in [0.15, 0.2) is 31.2 Å². The normalized spacial score (nSPS) is 10.2. The molecule has 0 bridgehead atoms. The Morgan fingerprint density at radius 3 is 3.06 bits per heavy atom. The molecule has 17 heavy (non-hydrogen) atoms. The number of aryl methyl sites for hydroxylation is 1. The Bertz CT molecular complexity index is 533. The summed E-state index contributed by atoms with van der Waals surface area (Å²) in [4.78, 5) is 4.08. The molecule has 2 heterocycles. The van der Waals surface area contributed by atoms with Gasteiger partial charge in [-0.15, -0.1) is 0 Å². The highest BCUT2D eigenvalue weighted by Crippen LogP contribution is 2.20. The van der Waals surface area contributed by atoms with E-state index in [0.717, 1.165) is 16.8 Å².